The van der Waals surface area contributed by atoms with E-state index in [1.807, 2.05) is 19.1 Å². The number of fused-ring (bicyclic) bond motifs is 1. The lowest BCUT2D eigenvalue weighted by molar-refractivity contribution is 0.000590. The van der Waals surface area contributed by atoms with E-state index in [0.29, 0.717) is 18.6 Å². The number of alkyl halides is 2. The van der Waals surface area contributed by atoms with E-state index < -0.39 is 12.5 Å². The molecule has 3 heteroatoms. The molecule has 0 saturated carbocycles. The number of rotatable bonds is 1. The van der Waals surface area contributed by atoms with Crippen molar-refractivity contribution < 1.29 is 13.5 Å². The highest BCUT2D eigenvalue weighted by Gasteiger charge is 2.27. The van der Waals surface area contributed by atoms with Gasteiger partial charge in [0.25, 0.3) is 6.43 Å². The highest BCUT2D eigenvalue weighted by atomic mass is 19.3. The molecule has 0 aliphatic carbocycles. The molecule has 1 aliphatic rings. The zero-order valence-electron chi connectivity index (χ0n) is 7.97. The number of aryl methyl sites for hydroxylation is 2. The predicted molar refractivity (Wildman–Crippen MR) is 49.9 cm³/mol. The third kappa shape index (κ3) is 1.72. The molecular weight excluding hydrogens is 186 g/mol. The third-order valence-electron chi connectivity index (χ3n) is 2.47. The average molecular weight is 198 g/mol. The molecule has 0 bridgehead atoms. The lowest BCUT2D eigenvalue weighted by Gasteiger charge is -2.25. The Morgan fingerprint density at radius 2 is 2.21 bits per heavy atom. The van der Waals surface area contributed by atoms with E-state index in [1.165, 1.54) is 0 Å². The van der Waals surface area contributed by atoms with E-state index in [2.05, 4.69) is 0 Å². The molecule has 1 aromatic rings. The Labute approximate surface area is 81.7 Å². The van der Waals surface area contributed by atoms with Crippen molar-refractivity contribution in [3.8, 4) is 5.75 Å². The smallest absolute Gasteiger partial charge is 0.274 e. The van der Waals surface area contributed by atoms with Crippen molar-refractivity contribution in [1.82, 2.24) is 0 Å². The zero-order chi connectivity index (χ0) is 10.1. The minimum Gasteiger partial charge on any atom is -0.484 e. The molecule has 14 heavy (non-hydrogen) atoms. The number of halogens is 2. The molecule has 0 unspecified atom stereocenters. The Hall–Kier alpha value is -1.12. The Morgan fingerprint density at radius 1 is 1.43 bits per heavy atom. The van der Waals surface area contributed by atoms with E-state index >= 15 is 0 Å². The van der Waals surface area contributed by atoms with Crippen molar-refractivity contribution in [2.24, 2.45) is 0 Å². The number of benzene rings is 1. The van der Waals surface area contributed by atoms with Crippen molar-refractivity contribution in [3.05, 3.63) is 29.3 Å². The molecule has 0 amide bonds. The molecule has 1 aromatic carbocycles. The van der Waals surface area contributed by atoms with Crippen LogP contribution in [0.2, 0.25) is 0 Å². The summed E-state index contributed by atoms with van der Waals surface area (Å²) in [7, 11) is 0. The lowest BCUT2D eigenvalue weighted by Crippen LogP contribution is -2.29. The van der Waals surface area contributed by atoms with Crippen LogP contribution in [0.4, 0.5) is 8.78 Å². The van der Waals surface area contributed by atoms with Gasteiger partial charge in [-0.05, 0) is 31.4 Å². The Balaban J connectivity index is 2.23. The molecule has 1 heterocycles. The van der Waals surface area contributed by atoms with Gasteiger partial charge in [-0.3, -0.25) is 0 Å². The van der Waals surface area contributed by atoms with E-state index in [-0.39, 0.29) is 0 Å². The fraction of sp³-hybridized carbons (Fsp3) is 0.455. The van der Waals surface area contributed by atoms with Gasteiger partial charge in [-0.25, -0.2) is 8.78 Å². The van der Waals surface area contributed by atoms with Crippen molar-refractivity contribution in [2.45, 2.75) is 32.3 Å². The molecule has 0 spiro atoms. The van der Waals surface area contributed by atoms with Gasteiger partial charge in [0.2, 0.25) is 0 Å². The molecule has 0 N–H and O–H groups in total. The van der Waals surface area contributed by atoms with Crippen LogP contribution in [0, 0.1) is 6.92 Å². The van der Waals surface area contributed by atoms with Gasteiger partial charge in [-0.15, -0.1) is 0 Å². The number of hydrogen-bond donors (Lipinski definition) is 0. The van der Waals surface area contributed by atoms with Crippen molar-refractivity contribution in [1.29, 1.82) is 0 Å². The normalized spacial score (nSPS) is 20.4. The molecule has 0 fully saturated rings. The van der Waals surface area contributed by atoms with Gasteiger partial charge in [0.05, 0.1) is 0 Å². The molecule has 0 saturated heterocycles. The van der Waals surface area contributed by atoms with Crippen LogP contribution < -0.4 is 4.74 Å². The summed E-state index contributed by atoms with van der Waals surface area (Å²) in [6.07, 6.45) is -2.21. The van der Waals surface area contributed by atoms with Crippen LogP contribution >= 0.6 is 0 Å². The second kappa shape index (κ2) is 3.56. The molecule has 0 aromatic heterocycles. The van der Waals surface area contributed by atoms with Crippen LogP contribution in [0.1, 0.15) is 17.5 Å². The van der Waals surface area contributed by atoms with Crippen molar-refractivity contribution >= 4 is 0 Å². The predicted octanol–water partition coefficient (Wildman–Crippen LogP) is 2.95. The molecule has 1 aliphatic heterocycles. The summed E-state index contributed by atoms with van der Waals surface area (Å²) in [5.41, 5.74) is 2.18. The first kappa shape index (κ1) is 9.44. The molecule has 1 nitrogen and oxygen atoms in total. The average Bonchev–Trinajstić information content (AvgIpc) is 2.16. The monoisotopic (exact) mass is 198 g/mol. The molecular formula is C11H12F2O. The molecule has 1 atom stereocenters. The minimum absolute atomic E-state index is 0.411. The van der Waals surface area contributed by atoms with Crippen LogP contribution in [0.3, 0.4) is 0 Å². The van der Waals surface area contributed by atoms with E-state index in [1.54, 1.807) is 6.07 Å². The topological polar surface area (TPSA) is 9.23 Å². The van der Waals surface area contributed by atoms with Crippen molar-refractivity contribution in [3.63, 3.8) is 0 Å². The number of ether oxygens (including phenoxy) is 1. The maximum absolute atomic E-state index is 12.4. The highest BCUT2D eigenvalue weighted by molar-refractivity contribution is 5.38. The minimum atomic E-state index is -2.38. The van der Waals surface area contributed by atoms with Crippen LogP contribution in [-0.4, -0.2) is 12.5 Å². The zero-order valence-corrected chi connectivity index (χ0v) is 7.97. The Bertz CT molecular complexity index is 336. The van der Waals surface area contributed by atoms with Gasteiger partial charge in [0.1, 0.15) is 5.75 Å². The third-order valence-corrected chi connectivity index (χ3v) is 2.47. The SMILES string of the molecule is Cc1ccc2c(c1)CC[C@@H](C(F)F)O2. The van der Waals surface area contributed by atoms with E-state index in [0.717, 1.165) is 11.1 Å². The maximum Gasteiger partial charge on any atom is 0.274 e. The van der Waals surface area contributed by atoms with Gasteiger partial charge >= 0.3 is 0 Å². The Morgan fingerprint density at radius 3 is 2.93 bits per heavy atom. The van der Waals surface area contributed by atoms with Crippen LogP contribution in [-0.2, 0) is 6.42 Å². The quantitative estimate of drug-likeness (QED) is 0.674. The maximum atomic E-state index is 12.4. The summed E-state index contributed by atoms with van der Waals surface area (Å²) in [6.45, 7) is 1.99. The van der Waals surface area contributed by atoms with Crippen LogP contribution in [0.15, 0.2) is 18.2 Å². The molecule has 76 valence electrons. The fourth-order valence-electron chi connectivity index (χ4n) is 1.72. The number of hydrogen-bond acceptors (Lipinski definition) is 1. The first-order chi connectivity index (χ1) is 6.66. The second-order valence-electron chi connectivity index (χ2n) is 3.64. The van der Waals surface area contributed by atoms with Gasteiger partial charge in [-0.2, -0.15) is 0 Å². The summed E-state index contributed by atoms with van der Waals surface area (Å²) < 4.78 is 29.9. The molecule has 0 radical (unpaired) electrons. The largest absolute Gasteiger partial charge is 0.484 e. The standard InChI is InChI=1S/C11H12F2O/c1-7-2-4-9-8(6-7)3-5-10(14-9)11(12)13/h2,4,6,10-11H,3,5H2,1H3/t10-/m0/s1. The highest BCUT2D eigenvalue weighted by Crippen LogP contribution is 2.30. The summed E-state index contributed by atoms with van der Waals surface area (Å²) in [4.78, 5) is 0. The van der Waals surface area contributed by atoms with Gasteiger partial charge in [0.15, 0.2) is 6.10 Å². The summed E-state index contributed by atoms with van der Waals surface area (Å²) in [5.74, 6) is 0.618. The van der Waals surface area contributed by atoms with Crippen LogP contribution in [0.5, 0.6) is 5.75 Å². The first-order valence-corrected chi connectivity index (χ1v) is 4.71. The second-order valence-corrected chi connectivity index (χ2v) is 3.64. The Kier molecular flexibility index (Phi) is 2.40. The summed E-state index contributed by atoms with van der Waals surface area (Å²) in [5, 5.41) is 0. The van der Waals surface area contributed by atoms with Crippen molar-refractivity contribution in [2.75, 3.05) is 0 Å². The lowest BCUT2D eigenvalue weighted by atomic mass is 10.0. The van der Waals surface area contributed by atoms with Gasteiger partial charge < -0.3 is 4.74 Å². The van der Waals surface area contributed by atoms with E-state index in [9.17, 15) is 8.78 Å². The van der Waals surface area contributed by atoms with Gasteiger partial charge in [-0.1, -0.05) is 17.7 Å². The van der Waals surface area contributed by atoms with E-state index in [4.69, 9.17) is 4.74 Å². The summed E-state index contributed by atoms with van der Waals surface area (Å²) >= 11 is 0. The first-order valence-electron chi connectivity index (χ1n) is 4.71. The van der Waals surface area contributed by atoms with Crippen LogP contribution in [0.25, 0.3) is 0 Å². The fourth-order valence-corrected chi connectivity index (χ4v) is 1.72. The van der Waals surface area contributed by atoms with Gasteiger partial charge in [0, 0.05) is 0 Å². The molecule has 2 rings (SSSR count). The summed E-state index contributed by atoms with van der Waals surface area (Å²) in [6, 6.07) is 5.66.